The van der Waals surface area contributed by atoms with Crippen molar-refractivity contribution in [1.29, 1.82) is 0 Å². The zero-order chi connectivity index (χ0) is 18.8. The number of aryl methyl sites for hydroxylation is 2. The van der Waals surface area contributed by atoms with Crippen LogP contribution in [0.4, 0.5) is 5.95 Å². The van der Waals surface area contributed by atoms with Crippen molar-refractivity contribution in [3.05, 3.63) is 51.1 Å². The Bertz CT molecular complexity index is 994. The Labute approximate surface area is 162 Å². The summed E-state index contributed by atoms with van der Waals surface area (Å²) in [4.78, 5) is 22.7. The molecule has 0 spiro atoms. The van der Waals surface area contributed by atoms with Gasteiger partial charge in [0.1, 0.15) is 4.83 Å². The fraction of sp³-hybridized carbons (Fsp3) is 0.429. The molecule has 0 radical (unpaired) electrons. The van der Waals surface area contributed by atoms with Crippen LogP contribution in [0, 0.1) is 0 Å². The first kappa shape index (κ1) is 18.2. The van der Waals surface area contributed by atoms with Crippen LogP contribution in [0.1, 0.15) is 36.6 Å². The van der Waals surface area contributed by atoms with Crippen molar-refractivity contribution in [2.24, 2.45) is 0 Å². The monoisotopic (exact) mass is 383 g/mol. The molecule has 3 aromatic rings. The molecule has 1 N–H and O–H groups in total. The van der Waals surface area contributed by atoms with E-state index in [4.69, 9.17) is 4.98 Å². The summed E-state index contributed by atoms with van der Waals surface area (Å²) in [7, 11) is 0. The van der Waals surface area contributed by atoms with Crippen LogP contribution in [0.3, 0.4) is 0 Å². The van der Waals surface area contributed by atoms with Crippen LogP contribution < -0.4 is 10.5 Å². The third-order valence-electron chi connectivity index (χ3n) is 5.27. The van der Waals surface area contributed by atoms with Gasteiger partial charge in [-0.3, -0.25) is 4.79 Å². The first-order valence-corrected chi connectivity index (χ1v) is 10.5. The van der Waals surface area contributed by atoms with Crippen LogP contribution >= 0.6 is 11.3 Å². The van der Waals surface area contributed by atoms with Crippen LogP contribution in [-0.2, 0) is 12.8 Å². The predicted octanol–water partition coefficient (Wildman–Crippen LogP) is 3.53. The zero-order valence-electron chi connectivity index (χ0n) is 15.6. The van der Waals surface area contributed by atoms with E-state index in [0.29, 0.717) is 19.0 Å². The molecule has 2 heterocycles. The molecular formula is C21H25N3O2S. The molecule has 27 heavy (non-hydrogen) atoms. The molecule has 1 aromatic carbocycles. The highest BCUT2D eigenvalue weighted by Crippen LogP contribution is 2.34. The molecule has 1 aliphatic carbocycles. The molecule has 0 fully saturated rings. The lowest BCUT2D eigenvalue weighted by Gasteiger charge is -2.24. The van der Waals surface area contributed by atoms with E-state index in [1.54, 1.807) is 15.9 Å². The lowest BCUT2D eigenvalue weighted by Crippen LogP contribution is -2.34. The maximum Gasteiger partial charge on any atom is 0.268 e. The SMILES string of the molecule is CCN(CCO)c1nc2sc3c(c2c(=O)n1-c1ccccc1)CCCCC3. The number of benzene rings is 1. The van der Waals surface area contributed by atoms with E-state index in [2.05, 4.69) is 0 Å². The average molecular weight is 384 g/mol. The lowest BCUT2D eigenvalue weighted by atomic mass is 10.1. The van der Waals surface area contributed by atoms with Gasteiger partial charge in [0.15, 0.2) is 0 Å². The molecule has 2 aromatic heterocycles. The number of fused-ring (bicyclic) bond motifs is 3. The summed E-state index contributed by atoms with van der Waals surface area (Å²) in [5.74, 6) is 0.617. The van der Waals surface area contributed by atoms with Gasteiger partial charge in [-0.25, -0.2) is 9.55 Å². The Kier molecular flexibility index (Phi) is 5.27. The van der Waals surface area contributed by atoms with Gasteiger partial charge in [-0.15, -0.1) is 11.3 Å². The number of aliphatic hydroxyl groups is 1. The van der Waals surface area contributed by atoms with Crippen LogP contribution in [0.15, 0.2) is 35.1 Å². The van der Waals surface area contributed by atoms with Gasteiger partial charge in [-0.05, 0) is 50.3 Å². The number of hydrogen-bond acceptors (Lipinski definition) is 5. The van der Waals surface area contributed by atoms with Crippen LogP contribution in [0.25, 0.3) is 15.9 Å². The summed E-state index contributed by atoms with van der Waals surface area (Å²) in [6, 6.07) is 9.70. The van der Waals surface area contributed by atoms with Crippen molar-refractivity contribution < 1.29 is 5.11 Å². The highest BCUT2D eigenvalue weighted by atomic mass is 32.1. The fourth-order valence-electron chi connectivity index (χ4n) is 3.91. The van der Waals surface area contributed by atoms with Gasteiger partial charge in [-0.2, -0.15) is 0 Å². The number of aliphatic hydroxyl groups excluding tert-OH is 1. The standard InChI is InChI=1S/C21H25N3O2S/c1-2-23(13-14-25)21-22-19-18(16-11-7-4-8-12-17(16)27-19)20(26)24(21)15-9-5-3-6-10-15/h3,5-6,9-10,25H,2,4,7-8,11-14H2,1H3. The maximum atomic E-state index is 13.7. The second-order valence-electron chi connectivity index (χ2n) is 6.94. The molecule has 0 aliphatic heterocycles. The van der Waals surface area contributed by atoms with Gasteiger partial charge in [0, 0.05) is 18.0 Å². The van der Waals surface area contributed by atoms with Crippen molar-refractivity contribution in [3.63, 3.8) is 0 Å². The molecule has 5 nitrogen and oxygen atoms in total. The second kappa shape index (κ2) is 7.82. The second-order valence-corrected chi connectivity index (χ2v) is 8.02. The normalized spacial score (nSPS) is 14.1. The molecule has 0 saturated heterocycles. The Hall–Kier alpha value is -2.18. The predicted molar refractivity (Wildman–Crippen MR) is 111 cm³/mol. The summed E-state index contributed by atoms with van der Waals surface area (Å²) in [5, 5.41) is 10.3. The summed E-state index contributed by atoms with van der Waals surface area (Å²) >= 11 is 1.68. The van der Waals surface area contributed by atoms with E-state index in [-0.39, 0.29) is 12.2 Å². The highest BCUT2D eigenvalue weighted by Gasteiger charge is 2.23. The Morgan fingerprint density at radius 1 is 1.19 bits per heavy atom. The Morgan fingerprint density at radius 3 is 2.70 bits per heavy atom. The number of rotatable bonds is 5. The summed E-state index contributed by atoms with van der Waals surface area (Å²) in [5.41, 5.74) is 2.04. The summed E-state index contributed by atoms with van der Waals surface area (Å²) < 4.78 is 1.72. The maximum absolute atomic E-state index is 13.7. The minimum absolute atomic E-state index is 0.0111. The molecule has 0 bridgehead atoms. The minimum Gasteiger partial charge on any atom is -0.395 e. The molecule has 0 amide bonds. The molecule has 142 valence electrons. The molecule has 6 heteroatoms. The van der Waals surface area contributed by atoms with Crippen LogP contribution in [0.2, 0.25) is 0 Å². The smallest absolute Gasteiger partial charge is 0.268 e. The first-order valence-electron chi connectivity index (χ1n) is 9.73. The zero-order valence-corrected chi connectivity index (χ0v) is 16.5. The van der Waals surface area contributed by atoms with Gasteiger partial charge < -0.3 is 10.0 Å². The van der Waals surface area contributed by atoms with Gasteiger partial charge in [0.25, 0.3) is 5.56 Å². The van der Waals surface area contributed by atoms with E-state index in [0.717, 1.165) is 35.2 Å². The van der Waals surface area contributed by atoms with Crippen molar-refractivity contribution >= 4 is 27.5 Å². The number of likely N-dealkylation sites (N-methyl/N-ethyl adjacent to an activating group) is 1. The number of para-hydroxylation sites is 1. The summed E-state index contributed by atoms with van der Waals surface area (Å²) in [6.45, 7) is 3.17. The molecular weight excluding hydrogens is 358 g/mol. The van der Waals surface area contributed by atoms with Crippen LogP contribution in [0.5, 0.6) is 0 Å². The molecule has 0 atom stereocenters. The van der Waals surface area contributed by atoms with Crippen molar-refractivity contribution in [1.82, 2.24) is 9.55 Å². The molecule has 4 rings (SSSR count). The third kappa shape index (κ3) is 3.28. The summed E-state index contributed by atoms with van der Waals surface area (Å²) in [6.07, 6.45) is 5.56. The Morgan fingerprint density at radius 2 is 1.96 bits per heavy atom. The topological polar surface area (TPSA) is 58.4 Å². The quantitative estimate of drug-likeness (QED) is 0.685. The van der Waals surface area contributed by atoms with Gasteiger partial charge >= 0.3 is 0 Å². The number of anilines is 1. The van der Waals surface area contributed by atoms with Crippen molar-refractivity contribution in [2.45, 2.75) is 39.0 Å². The first-order chi connectivity index (χ1) is 13.2. The van der Waals surface area contributed by atoms with E-state index in [1.807, 2.05) is 42.2 Å². The van der Waals surface area contributed by atoms with Gasteiger partial charge in [-0.1, -0.05) is 24.6 Å². The number of aromatic nitrogens is 2. The Balaban J connectivity index is 2.02. The largest absolute Gasteiger partial charge is 0.395 e. The fourth-order valence-corrected chi connectivity index (χ4v) is 5.16. The average Bonchev–Trinajstić information content (AvgIpc) is 2.88. The molecule has 1 aliphatic rings. The molecule has 0 unspecified atom stereocenters. The van der Waals surface area contributed by atoms with Crippen molar-refractivity contribution in [2.75, 3.05) is 24.6 Å². The van der Waals surface area contributed by atoms with E-state index in [1.165, 1.54) is 23.3 Å². The van der Waals surface area contributed by atoms with Crippen molar-refractivity contribution in [3.8, 4) is 5.69 Å². The molecule has 0 saturated carbocycles. The number of nitrogens with zero attached hydrogens (tertiary/aromatic N) is 3. The lowest BCUT2D eigenvalue weighted by molar-refractivity contribution is 0.301. The van der Waals surface area contributed by atoms with E-state index in [9.17, 15) is 9.90 Å². The number of thiophene rings is 1. The van der Waals surface area contributed by atoms with E-state index >= 15 is 0 Å². The van der Waals surface area contributed by atoms with Gasteiger partial charge in [0.2, 0.25) is 5.95 Å². The van der Waals surface area contributed by atoms with E-state index < -0.39 is 0 Å². The minimum atomic E-state index is 0.0111. The number of hydrogen-bond donors (Lipinski definition) is 1. The highest BCUT2D eigenvalue weighted by molar-refractivity contribution is 7.18. The third-order valence-corrected chi connectivity index (χ3v) is 6.46. The van der Waals surface area contributed by atoms with Gasteiger partial charge in [0.05, 0.1) is 17.7 Å². The van der Waals surface area contributed by atoms with Crippen LogP contribution in [-0.4, -0.2) is 34.4 Å².